The standard InChI is InChI=1S/C23H28N2O/c1-5-17(3)24-23(26)14-20(18-12-10-16(2)11-13-18)21-15-25(4)22-9-7-6-8-19(21)22/h6-13,15,17,20H,5,14H2,1-4H3,(H,24,26)/t17-,20+/m0/s1. The lowest BCUT2D eigenvalue weighted by Gasteiger charge is -2.19. The Balaban J connectivity index is 2.02. The van der Waals surface area contributed by atoms with E-state index in [0.29, 0.717) is 6.42 Å². The highest BCUT2D eigenvalue weighted by molar-refractivity contribution is 5.86. The summed E-state index contributed by atoms with van der Waals surface area (Å²) in [5.41, 5.74) is 4.83. The topological polar surface area (TPSA) is 34.0 Å². The molecule has 0 radical (unpaired) electrons. The van der Waals surface area contributed by atoms with Crippen LogP contribution in [0.3, 0.4) is 0 Å². The van der Waals surface area contributed by atoms with Gasteiger partial charge in [-0.2, -0.15) is 0 Å². The Morgan fingerprint density at radius 3 is 2.50 bits per heavy atom. The predicted octanol–water partition coefficient (Wildman–Crippen LogP) is 4.92. The van der Waals surface area contributed by atoms with Gasteiger partial charge in [-0.25, -0.2) is 0 Å². The first kappa shape index (κ1) is 18.2. The maximum Gasteiger partial charge on any atom is 0.221 e. The van der Waals surface area contributed by atoms with Gasteiger partial charge in [-0.1, -0.05) is 55.0 Å². The van der Waals surface area contributed by atoms with Crippen LogP contribution in [-0.2, 0) is 11.8 Å². The van der Waals surface area contributed by atoms with Crippen molar-refractivity contribution in [1.82, 2.24) is 9.88 Å². The van der Waals surface area contributed by atoms with E-state index >= 15 is 0 Å². The van der Waals surface area contributed by atoms with E-state index in [1.807, 2.05) is 0 Å². The third-order valence-corrected chi connectivity index (χ3v) is 5.19. The first-order valence-corrected chi connectivity index (χ1v) is 9.39. The molecule has 136 valence electrons. The summed E-state index contributed by atoms with van der Waals surface area (Å²) in [6.45, 7) is 6.23. The molecule has 0 saturated carbocycles. The number of amides is 1. The Kier molecular flexibility index (Phi) is 5.46. The largest absolute Gasteiger partial charge is 0.354 e. The monoisotopic (exact) mass is 348 g/mol. The summed E-state index contributed by atoms with van der Waals surface area (Å²) in [4.78, 5) is 12.7. The normalized spacial score (nSPS) is 13.5. The van der Waals surface area contributed by atoms with Crippen molar-refractivity contribution in [3.63, 3.8) is 0 Å². The molecular weight excluding hydrogens is 320 g/mol. The fourth-order valence-electron chi connectivity index (χ4n) is 3.48. The maximum absolute atomic E-state index is 12.7. The average molecular weight is 348 g/mol. The van der Waals surface area contributed by atoms with Crippen LogP contribution < -0.4 is 5.32 Å². The number of hydrogen-bond acceptors (Lipinski definition) is 1. The molecular formula is C23H28N2O. The second kappa shape index (κ2) is 7.77. The molecule has 1 amide bonds. The van der Waals surface area contributed by atoms with E-state index in [4.69, 9.17) is 0 Å². The first-order valence-electron chi connectivity index (χ1n) is 9.39. The zero-order chi connectivity index (χ0) is 18.7. The number of para-hydroxylation sites is 1. The van der Waals surface area contributed by atoms with Crippen molar-refractivity contribution >= 4 is 16.8 Å². The molecule has 0 aliphatic heterocycles. The molecule has 3 rings (SSSR count). The van der Waals surface area contributed by atoms with E-state index < -0.39 is 0 Å². The van der Waals surface area contributed by atoms with Crippen LogP contribution in [0, 0.1) is 6.92 Å². The van der Waals surface area contributed by atoms with Gasteiger partial charge in [0.05, 0.1) is 0 Å². The van der Waals surface area contributed by atoms with Gasteiger partial charge in [-0.3, -0.25) is 4.79 Å². The lowest BCUT2D eigenvalue weighted by atomic mass is 9.87. The molecule has 0 saturated heterocycles. The summed E-state index contributed by atoms with van der Waals surface area (Å²) in [5.74, 6) is 0.156. The minimum absolute atomic E-state index is 0.0470. The maximum atomic E-state index is 12.7. The smallest absolute Gasteiger partial charge is 0.221 e. The Bertz CT molecular complexity index is 892. The highest BCUT2D eigenvalue weighted by Gasteiger charge is 2.22. The van der Waals surface area contributed by atoms with Crippen molar-refractivity contribution < 1.29 is 4.79 Å². The molecule has 3 nitrogen and oxygen atoms in total. The first-order chi connectivity index (χ1) is 12.5. The molecule has 1 N–H and O–H groups in total. The molecule has 1 heterocycles. The fourth-order valence-corrected chi connectivity index (χ4v) is 3.48. The van der Waals surface area contributed by atoms with Crippen LogP contribution >= 0.6 is 0 Å². The number of carbonyl (C=O) groups is 1. The van der Waals surface area contributed by atoms with Crippen molar-refractivity contribution in [3.05, 3.63) is 71.4 Å². The van der Waals surface area contributed by atoms with Crippen molar-refractivity contribution in [2.24, 2.45) is 7.05 Å². The molecule has 0 aliphatic carbocycles. The Morgan fingerprint density at radius 2 is 1.81 bits per heavy atom. The number of fused-ring (bicyclic) bond motifs is 1. The van der Waals surface area contributed by atoms with Crippen LogP contribution in [0.5, 0.6) is 0 Å². The van der Waals surface area contributed by atoms with Crippen LogP contribution in [-0.4, -0.2) is 16.5 Å². The summed E-state index contributed by atoms with van der Waals surface area (Å²) in [7, 11) is 2.07. The van der Waals surface area contributed by atoms with E-state index in [-0.39, 0.29) is 17.9 Å². The SMILES string of the molecule is CC[C@H](C)NC(=O)C[C@H](c1ccc(C)cc1)c1cn(C)c2ccccc12. The molecule has 3 aromatic rings. The zero-order valence-corrected chi connectivity index (χ0v) is 16.1. The van der Waals surface area contributed by atoms with E-state index in [0.717, 1.165) is 6.42 Å². The number of aromatic nitrogens is 1. The predicted molar refractivity (Wildman–Crippen MR) is 108 cm³/mol. The van der Waals surface area contributed by atoms with Gasteiger partial charge in [0.1, 0.15) is 0 Å². The third-order valence-electron chi connectivity index (χ3n) is 5.19. The summed E-state index contributed by atoms with van der Waals surface area (Å²) in [6, 6.07) is 17.2. The lowest BCUT2D eigenvalue weighted by molar-refractivity contribution is -0.121. The van der Waals surface area contributed by atoms with Crippen LogP contribution in [0.2, 0.25) is 0 Å². The van der Waals surface area contributed by atoms with Gasteiger partial charge in [0.2, 0.25) is 5.91 Å². The second-order valence-corrected chi connectivity index (χ2v) is 7.26. The van der Waals surface area contributed by atoms with Crippen LogP contribution in [0.1, 0.15) is 49.3 Å². The molecule has 0 spiro atoms. The van der Waals surface area contributed by atoms with Crippen LogP contribution in [0.15, 0.2) is 54.7 Å². The van der Waals surface area contributed by atoms with Gasteiger partial charge >= 0.3 is 0 Å². The molecule has 3 heteroatoms. The summed E-state index contributed by atoms with van der Waals surface area (Å²) in [5, 5.41) is 4.34. The number of aryl methyl sites for hydroxylation is 2. The summed E-state index contributed by atoms with van der Waals surface area (Å²) >= 11 is 0. The molecule has 0 aliphatic rings. The molecule has 0 fully saturated rings. The van der Waals surface area contributed by atoms with E-state index in [9.17, 15) is 4.79 Å². The van der Waals surface area contributed by atoms with Gasteiger partial charge < -0.3 is 9.88 Å². The quantitative estimate of drug-likeness (QED) is 0.674. The van der Waals surface area contributed by atoms with Gasteiger partial charge in [-0.05, 0) is 37.5 Å². The Morgan fingerprint density at radius 1 is 1.12 bits per heavy atom. The van der Waals surface area contributed by atoms with Gasteiger partial charge in [0.15, 0.2) is 0 Å². The highest BCUT2D eigenvalue weighted by Crippen LogP contribution is 2.34. The number of nitrogens with one attached hydrogen (secondary N) is 1. The van der Waals surface area contributed by atoms with E-state index in [1.165, 1.54) is 27.6 Å². The van der Waals surface area contributed by atoms with Crippen molar-refractivity contribution in [1.29, 1.82) is 0 Å². The molecule has 2 atom stereocenters. The van der Waals surface area contributed by atoms with Crippen molar-refractivity contribution in [3.8, 4) is 0 Å². The van der Waals surface area contributed by atoms with E-state index in [2.05, 4.69) is 92.4 Å². The minimum Gasteiger partial charge on any atom is -0.354 e. The van der Waals surface area contributed by atoms with Crippen LogP contribution in [0.25, 0.3) is 10.9 Å². The number of nitrogens with zero attached hydrogens (tertiary/aromatic N) is 1. The summed E-state index contributed by atoms with van der Waals surface area (Å²) in [6.07, 6.45) is 3.57. The zero-order valence-electron chi connectivity index (χ0n) is 16.1. The molecule has 0 unspecified atom stereocenters. The number of carbonyl (C=O) groups excluding carboxylic acids is 1. The van der Waals surface area contributed by atoms with Crippen molar-refractivity contribution in [2.75, 3.05) is 0 Å². The number of rotatable bonds is 6. The van der Waals surface area contributed by atoms with Gasteiger partial charge in [0.25, 0.3) is 0 Å². The summed E-state index contributed by atoms with van der Waals surface area (Å²) < 4.78 is 2.15. The molecule has 2 aromatic carbocycles. The van der Waals surface area contributed by atoms with Crippen molar-refractivity contribution in [2.45, 2.75) is 45.6 Å². The lowest BCUT2D eigenvalue weighted by Crippen LogP contribution is -2.33. The minimum atomic E-state index is 0.0470. The number of hydrogen-bond donors (Lipinski definition) is 1. The van der Waals surface area contributed by atoms with Crippen LogP contribution in [0.4, 0.5) is 0 Å². The Hall–Kier alpha value is -2.55. The Labute approximate surface area is 156 Å². The second-order valence-electron chi connectivity index (χ2n) is 7.26. The van der Waals surface area contributed by atoms with E-state index in [1.54, 1.807) is 0 Å². The molecule has 26 heavy (non-hydrogen) atoms. The average Bonchev–Trinajstić information content (AvgIpc) is 2.97. The molecule has 1 aromatic heterocycles. The van der Waals surface area contributed by atoms with Gasteiger partial charge in [0, 0.05) is 42.5 Å². The van der Waals surface area contributed by atoms with Gasteiger partial charge in [-0.15, -0.1) is 0 Å². The fraction of sp³-hybridized carbons (Fsp3) is 0.348. The highest BCUT2D eigenvalue weighted by atomic mass is 16.1. The number of benzene rings is 2. The third kappa shape index (κ3) is 3.82. The molecule has 0 bridgehead atoms.